The molecule has 1 N–H and O–H groups in total. The summed E-state index contributed by atoms with van der Waals surface area (Å²) in [6.07, 6.45) is 5.87. The van der Waals surface area contributed by atoms with Gasteiger partial charge in [0.15, 0.2) is 0 Å². The number of nitrogens with zero attached hydrogens (tertiary/aromatic N) is 4. The van der Waals surface area contributed by atoms with Crippen molar-refractivity contribution in [2.45, 2.75) is 12.8 Å². The molecule has 0 atom stereocenters. The van der Waals surface area contributed by atoms with Crippen molar-refractivity contribution < 1.29 is 4.79 Å². The van der Waals surface area contributed by atoms with Gasteiger partial charge in [-0.1, -0.05) is 0 Å². The van der Waals surface area contributed by atoms with Gasteiger partial charge in [-0.25, -0.2) is 4.79 Å². The fourth-order valence-electron chi connectivity index (χ4n) is 2.97. The minimum atomic E-state index is -0.00254. The number of piperidine rings is 1. The van der Waals surface area contributed by atoms with E-state index < -0.39 is 0 Å². The first kappa shape index (κ1) is 12.5. The summed E-state index contributed by atoms with van der Waals surface area (Å²) in [5.74, 6) is 0. The number of hydrogen-bond acceptors (Lipinski definition) is 4. The average molecular weight is 263 g/mol. The van der Waals surface area contributed by atoms with Crippen molar-refractivity contribution in [2.75, 3.05) is 45.2 Å². The zero-order valence-corrected chi connectivity index (χ0v) is 11.6. The van der Waals surface area contributed by atoms with Gasteiger partial charge in [0.1, 0.15) is 0 Å². The molecule has 2 fully saturated rings. The standard InChI is InChI=1S/C13H21N5O/c1-16(2)11-7-15-18(8-11)12(19)17-9-13(10-17)3-5-14-6-4-13/h7-8,14H,3-6,9-10H2,1-2H3. The first-order valence-electron chi connectivity index (χ1n) is 6.82. The van der Waals surface area contributed by atoms with Crippen LogP contribution in [0.5, 0.6) is 0 Å². The molecule has 3 rings (SSSR count). The molecule has 0 aromatic carbocycles. The minimum absolute atomic E-state index is 0.00254. The smallest absolute Gasteiger partial charge is 0.344 e. The quantitative estimate of drug-likeness (QED) is 0.806. The first-order valence-corrected chi connectivity index (χ1v) is 6.82. The summed E-state index contributed by atoms with van der Waals surface area (Å²) in [5, 5.41) is 7.52. The Bertz CT molecular complexity index is 467. The van der Waals surface area contributed by atoms with Gasteiger partial charge in [-0.05, 0) is 25.9 Å². The predicted molar refractivity (Wildman–Crippen MR) is 73.5 cm³/mol. The highest BCUT2D eigenvalue weighted by Crippen LogP contribution is 2.38. The fraction of sp³-hybridized carbons (Fsp3) is 0.692. The van der Waals surface area contributed by atoms with Gasteiger partial charge in [0.05, 0.1) is 18.1 Å². The van der Waals surface area contributed by atoms with Crippen LogP contribution in [0.1, 0.15) is 12.8 Å². The van der Waals surface area contributed by atoms with E-state index in [9.17, 15) is 4.79 Å². The molecule has 1 amide bonds. The van der Waals surface area contributed by atoms with E-state index in [1.165, 1.54) is 17.5 Å². The van der Waals surface area contributed by atoms with Gasteiger partial charge < -0.3 is 15.1 Å². The van der Waals surface area contributed by atoms with Crippen LogP contribution in [0.15, 0.2) is 12.4 Å². The van der Waals surface area contributed by atoms with E-state index >= 15 is 0 Å². The Labute approximate surface area is 113 Å². The Balaban J connectivity index is 1.62. The Morgan fingerprint density at radius 1 is 1.37 bits per heavy atom. The van der Waals surface area contributed by atoms with Crippen LogP contribution in [-0.2, 0) is 0 Å². The lowest BCUT2D eigenvalue weighted by atomic mass is 9.72. The van der Waals surface area contributed by atoms with Crippen LogP contribution >= 0.6 is 0 Å². The van der Waals surface area contributed by atoms with Crippen molar-refractivity contribution in [3.05, 3.63) is 12.4 Å². The molecule has 3 heterocycles. The molecule has 104 valence electrons. The largest absolute Gasteiger partial charge is 0.375 e. The highest BCUT2D eigenvalue weighted by molar-refractivity contribution is 5.77. The van der Waals surface area contributed by atoms with Crippen molar-refractivity contribution >= 4 is 11.7 Å². The number of carbonyl (C=O) groups is 1. The topological polar surface area (TPSA) is 53.4 Å². The number of nitrogens with one attached hydrogen (secondary N) is 1. The van der Waals surface area contributed by atoms with Crippen LogP contribution in [0, 0.1) is 5.41 Å². The van der Waals surface area contributed by atoms with Gasteiger partial charge in [0, 0.05) is 32.6 Å². The summed E-state index contributed by atoms with van der Waals surface area (Å²) in [4.78, 5) is 16.1. The molecule has 19 heavy (non-hydrogen) atoms. The molecular weight excluding hydrogens is 242 g/mol. The summed E-state index contributed by atoms with van der Waals surface area (Å²) >= 11 is 0. The zero-order valence-electron chi connectivity index (χ0n) is 11.6. The molecule has 1 spiro atoms. The van der Waals surface area contributed by atoms with Crippen LogP contribution in [0.25, 0.3) is 0 Å². The highest BCUT2D eigenvalue weighted by Gasteiger charge is 2.45. The van der Waals surface area contributed by atoms with Gasteiger partial charge in [0.2, 0.25) is 0 Å². The number of likely N-dealkylation sites (tertiary alicyclic amines) is 1. The number of rotatable bonds is 1. The molecule has 0 aliphatic carbocycles. The minimum Gasteiger partial charge on any atom is -0.375 e. The SMILES string of the molecule is CN(C)c1cnn(C(=O)N2CC3(CCNCC3)C2)c1. The van der Waals surface area contributed by atoms with Crippen molar-refractivity contribution in [1.82, 2.24) is 20.0 Å². The lowest BCUT2D eigenvalue weighted by Crippen LogP contribution is -2.62. The van der Waals surface area contributed by atoms with Crippen molar-refractivity contribution in [3.63, 3.8) is 0 Å². The second-order valence-electron chi connectivity index (χ2n) is 5.93. The normalized spacial score (nSPS) is 21.3. The molecule has 0 unspecified atom stereocenters. The summed E-state index contributed by atoms with van der Waals surface area (Å²) in [7, 11) is 3.89. The molecule has 0 saturated carbocycles. The summed E-state index contributed by atoms with van der Waals surface area (Å²) in [6.45, 7) is 3.92. The monoisotopic (exact) mass is 263 g/mol. The fourth-order valence-corrected chi connectivity index (χ4v) is 2.97. The number of carbonyl (C=O) groups excluding carboxylic acids is 1. The van der Waals surface area contributed by atoms with Crippen molar-refractivity contribution in [3.8, 4) is 0 Å². The maximum Gasteiger partial charge on any atom is 0.344 e. The zero-order chi connectivity index (χ0) is 13.5. The van der Waals surface area contributed by atoms with Crippen LogP contribution < -0.4 is 10.2 Å². The van der Waals surface area contributed by atoms with E-state index in [-0.39, 0.29) is 6.03 Å². The molecule has 6 nitrogen and oxygen atoms in total. The van der Waals surface area contributed by atoms with E-state index in [4.69, 9.17) is 0 Å². The van der Waals surface area contributed by atoms with Gasteiger partial charge in [-0.2, -0.15) is 9.78 Å². The first-order chi connectivity index (χ1) is 9.10. The Hall–Kier alpha value is -1.56. The Morgan fingerprint density at radius 3 is 2.63 bits per heavy atom. The molecule has 2 aliphatic rings. The van der Waals surface area contributed by atoms with Gasteiger partial charge in [-0.3, -0.25) is 0 Å². The Kier molecular flexibility index (Phi) is 2.97. The molecular formula is C13H21N5O. The maximum atomic E-state index is 12.3. The third-order valence-corrected chi connectivity index (χ3v) is 4.27. The maximum absolute atomic E-state index is 12.3. The van der Waals surface area contributed by atoms with Crippen molar-refractivity contribution in [2.24, 2.45) is 5.41 Å². The summed E-state index contributed by atoms with van der Waals surface area (Å²) < 4.78 is 1.45. The van der Waals surface area contributed by atoms with Crippen LogP contribution in [0.4, 0.5) is 10.5 Å². The van der Waals surface area contributed by atoms with Crippen LogP contribution in [-0.4, -0.2) is 61.0 Å². The highest BCUT2D eigenvalue weighted by atomic mass is 16.2. The molecule has 2 saturated heterocycles. The number of anilines is 1. The van der Waals surface area contributed by atoms with Gasteiger partial charge in [0.25, 0.3) is 0 Å². The molecule has 1 aromatic heterocycles. The van der Waals surface area contributed by atoms with E-state index in [0.717, 1.165) is 31.9 Å². The predicted octanol–water partition coefficient (Wildman–Crippen LogP) is 0.603. The van der Waals surface area contributed by atoms with E-state index in [0.29, 0.717) is 5.41 Å². The van der Waals surface area contributed by atoms with E-state index in [1.54, 1.807) is 12.4 Å². The molecule has 0 bridgehead atoms. The molecule has 1 aromatic rings. The number of hydrogen-bond donors (Lipinski definition) is 1. The van der Waals surface area contributed by atoms with Crippen LogP contribution in [0.2, 0.25) is 0 Å². The second kappa shape index (κ2) is 4.52. The lowest BCUT2D eigenvalue weighted by Gasteiger charge is -2.52. The second-order valence-corrected chi connectivity index (χ2v) is 5.93. The Morgan fingerprint density at radius 2 is 2.05 bits per heavy atom. The average Bonchev–Trinajstić information content (AvgIpc) is 2.85. The van der Waals surface area contributed by atoms with E-state index in [2.05, 4.69) is 10.4 Å². The van der Waals surface area contributed by atoms with E-state index in [1.807, 2.05) is 23.9 Å². The van der Waals surface area contributed by atoms with Gasteiger partial charge >= 0.3 is 6.03 Å². The summed E-state index contributed by atoms with van der Waals surface area (Å²) in [5.41, 5.74) is 1.32. The van der Waals surface area contributed by atoms with Gasteiger partial charge in [-0.15, -0.1) is 0 Å². The molecule has 2 aliphatic heterocycles. The number of amides is 1. The molecule has 6 heteroatoms. The summed E-state index contributed by atoms with van der Waals surface area (Å²) in [6, 6.07) is -0.00254. The molecule has 0 radical (unpaired) electrons. The number of aromatic nitrogens is 2. The lowest BCUT2D eigenvalue weighted by molar-refractivity contribution is 0.00595. The van der Waals surface area contributed by atoms with Crippen LogP contribution in [0.3, 0.4) is 0 Å². The third-order valence-electron chi connectivity index (χ3n) is 4.27. The third kappa shape index (κ3) is 2.20. The van der Waals surface area contributed by atoms with Crippen molar-refractivity contribution in [1.29, 1.82) is 0 Å².